The molecule has 0 saturated carbocycles. The second kappa shape index (κ2) is 12.2. The van der Waals surface area contributed by atoms with Gasteiger partial charge < -0.3 is 19.7 Å². The lowest BCUT2D eigenvalue weighted by Crippen LogP contribution is -2.44. The fourth-order valence-electron chi connectivity index (χ4n) is 3.98. The number of ether oxygens (including phenoxy) is 2. The normalized spacial score (nSPS) is 11.1. The van der Waals surface area contributed by atoms with Gasteiger partial charge in [-0.25, -0.2) is 4.68 Å². The van der Waals surface area contributed by atoms with Gasteiger partial charge in [0, 0.05) is 37.6 Å². The van der Waals surface area contributed by atoms with Gasteiger partial charge in [-0.15, -0.1) is 0 Å². The Morgan fingerprint density at radius 3 is 2.26 bits per heavy atom. The third kappa shape index (κ3) is 6.84. The van der Waals surface area contributed by atoms with Crippen LogP contribution in [0, 0.1) is 0 Å². The Kier molecular flexibility index (Phi) is 9.10. The number of amides is 1. The van der Waals surface area contributed by atoms with Gasteiger partial charge in [0.05, 0.1) is 12.3 Å². The molecule has 1 N–H and O–H groups in total. The summed E-state index contributed by atoms with van der Waals surface area (Å²) in [6, 6.07) is 16.3. The van der Waals surface area contributed by atoms with Crippen LogP contribution in [0.5, 0.6) is 11.5 Å². The molecular weight excluding hydrogens is 428 g/mol. The molecule has 0 unspecified atom stereocenters. The van der Waals surface area contributed by atoms with Gasteiger partial charge in [0.2, 0.25) is 0 Å². The van der Waals surface area contributed by atoms with E-state index in [4.69, 9.17) is 9.47 Å². The topological polar surface area (TPSA) is 68.6 Å². The summed E-state index contributed by atoms with van der Waals surface area (Å²) in [5, 5.41) is 7.72. The monoisotopic (exact) mass is 464 g/mol. The zero-order chi connectivity index (χ0) is 24.5. The van der Waals surface area contributed by atoms with Crippen LogP contribution in [0.1, 0.15) is 45.7 Å². The summed E-state index contributed by atoms with van der Waals surface area (Å²) < 4.78 is 13.5. The molecule has 1 amide bonds. The summed E-state index contributed by atoms with van der Waals surface area (Å²) in [5.41, 5.74) is 3.31. The van der Waals surface area contributed by atoms with Crippen molar-refractivity contribution in [1.29, 1.82) is 0 Å². The maximum atomic E-state index is 12.6. The number of aromatic nitrogens is 2. The first-order valence-corrected chi connectivity index (χ1v) is 11.9. The maximum Gasteiger partial charge on any atom is 0.260 e. The third-order valence-electron chi connectivity index (χ3n) is 5.42. The minimum Gasteiger partial charge on any atom is -0.490 e. The van der Waals surface area contributed by atoms with Crippen LogP contribution >= 0.6 is 0 Å². The van der Waals surface area contributed by atoms with E-state index in [-0.39, 0.29) is 24.6 Å². The molecule has 0 aliphatic rings. The molecule has 0 atom stereocenters. The van der Waals surface area contributed by atoms with E-state index in [0.29, 0.717) is 24.7 Å². The van der Waals surface area contributed by atoms with Crippen LogP contribution in [-0.4, -0.2) is 45.9 Å². The minimum atomic E-state index is -0.0308. The van der Waals surface area contributed by atoms with Crippen molar-refractivity contribution in [3.05, 3.63) is 72.1 Å². The highest BCUT2D eigenvalue weighted by atomic mass is 16.5. The van der Waals surface area contributed by atoms with E-state index in [1.54, 1.807) is 6.20 Å². The van der Waals surface area contributed by atoms with E-state index in [9.17, 15) is 4.79 Å². The number of carbonyl (C=O) groups excluding carboxylic acids is 1. The summed E-state index contributed by atoms with van der Waals surface area (Å²) in [5.74, 6) is 1.20. The molecule has 1 aromatic heterocycles. The minimum absolute atomic E-state index is 0.0114. The molecule has 0 aliphatic carbocycles. The van der Waals surface area contributed by atoms with Crippen LogP contribution in [0.2, 0.25) is 0 Å². The van der Waals surface area contributed by atoms with E-state index in [2.05, 4.69) is 34.7 Å². The Bertz CT molecular complexity index is 1020. The molecule has 7 nitrogen and oxygen atoms in total. The largest absolute Gasteiger partial charge is 0.490 e. The molecule has 7 heteroatoms. The predicted octanol–water partition coefficient (Wildman–Crippen LogP) is 4.59. The fraction of sp³-hybridized carbons (Fsp3) is 0.407. The molecule has 0 spiro atoms. The smallest absolute Gasteiger partial charge is 0.260 e. The van der Waals surface area contributed by atoms with Crippen molar-refractivity contribution in [2.45, 2.75) is 59.8 Å². The molecule has 0 bridgehead atoms. The average molecular weight is 465 g/mol. The number of nitrogens with one attached hydrogen (secondary N) is 1. The molecule has 182 valence electrons. The van der Waals surface area contributed by atoms with E-state index >= 15 is 0 Å². The van der Waals surface area contributed by atoms with Crippen molar-refractivity contribution < 1.29 is 14.3 Å². The van der Waals surface area contributed by atoms with E-state index < -0.39 is 0 Å². The SMILES string of the molecule is CCOc1cc(CNCc2ccc(-n3cccn3)cc2)ccc1OCC(=O)N(C(C)C)C(C)C. The van der Waals surface area contributed by atoms with Crippen molar-refractivity contribution in [2.24, 2.45) is 0 Å². The molecule has 3 rings (SSSR count). The molecule has 0 aliphatic heterocycles. The fourth-order valence-corrected chi connectivity index (χ4v) is 3.98. The Morgan fingerprint density at radius 2 is 1.65 bits per heavy atom. The summed E-state index contributed by atoms with van der Waals surface area (Å²) in [6.07, 6.45) is 3.70. The van der Waals surface area contributed by atoms with Crippen LogP contribution in [-0.2, 0) is 17.9 Å². The maximum absolute atomic E-state index is 12.6. The molecule has 34 heavy (non-hydrogen) atoms. The second-order valence-corrected chi connectivity index (χ2v) is 8.71. The molecule has 2 aromatic carbocycles. The van der Waals surface area contributed by atoms with Gasteiger partial charge in [-0.2, -0.15) is 5.10 Å². The van der Waals surface area contributed by atoms with Gasteiger partial charge in [-0.3, -0.25) is 4.79 Å². The molecule has 0 saturated heterocycles. The van der Waals surface area contributed by atoms with Gasteiger partial charge >= 0.3 is 0 Å². The second-order valence-electron chi connectivity index (χ2n) is 8.71. The summed E-state index contributed by atoms with van der Waals surface area (Å²) in [4.78, 5) is 14.5. The number of hydrogen-bond donors (Lipinski definition) is 1. The van der Waals surface area contributed by atoms with Crippen molar-refractivity contribution in [3.8, 4) is 17.2 Å². The average Bonchev–Trinajstić information content (AvgIpc) is 3.34. The summed E-state index contributed by atoms with van der Waals surface area (Å²) >= 11 is 0. The van der Waals surface area contributed by atoms with Gasteiger partial charge in [0.1, 0.15) is 0 Å². The first kappa shape index (κ1) is 25.3. The lowest BCUT2D eigenvalue weighted by atomic mass is 10.1. The Hall–Kier alpha value is -3.32. The molecule has 0 radical (unpaired) electrons. The quantitative estimate of drug-likeness (QED) is 0.425. The number of carbonyl (C=O) groups is 1. The van der Waals surface area contributed by atoms with Crippen molar-refractivity contribution in [1.82, 2.24) is 20.0 Å². The number of benzene rings is 2. The van der Waals surface area contributed by atoms with Gasteiger partial charge in [-0.05, 0) is 76.1 Å². The lowest BCUT2D eigenvalue weighted by Gasteiger charge is -2.30. The van der Waals surface area contributed by atoms with Crippen LogP contribution in [0.15, 0.2) is 60.9 Å². The first-order chi connectivity index (χ1) is 16.4. The van der Waals surface area contributed by atoms with Crippen LogP contribution < -0.4 is 14.8 Å². The van der Waals surface area contributed by atoms with Crippen molar-refractivity contribution in [3.63, 3.8) is 0 Å². The Morgan fingerprint density at radius 1 is 0.971 bits per heavy atom. The van der Waals surface area contributed by atoms with Crippen molar-refractivity contribution >= 4 is 5.91 Å². The van der Waals surface area contributed by atoms with E-state index in [1.807, 2.05) is 74.7 Å². The van der Waals surface area contributed by atoms with Gasteiger partial charge in [0.25, 0.3) is 5.91 Å². The third-order valence-corrected chi connectivity index (χ3v) is 5.42. The zero-order valence-electron chi connectivity index (χ0n) is 20.8. The summed E-state index contributed by atoms with van der Waals surface area (Å²) in [7, 11) is 0. The van der Waals surface area contributed by atoms with Gasteiger partial charge in [-0.1, -0.05) is 18.2 Å². The highest BCUT2D eigenvalue weighted by Crippen LogP contribution is 2.29. The van der Waals surface area contributed by atoms with Crippen LogP contribution in [0.25, 0.3) is 5.69 Å². The molecule has 0 fully saturated rings. The standard InChI is InChI=1S/C27H36N4O3/c1-6-33-26-16-23(10-13-25(26)34-19-27(32)31(20(2)3)21(4)5)18-28-17-22-8-11-24(12-9-22)30-15-7-14-29-30/h7-16,20-21,28H,6,17-19H2,1-5H3. The highest BCUT2D eigenvalue weighted by molar-refractivity contribution is 5.78. The molecule has 1 heterocycles. The Balaban J connectivity index is 1.56. The number of nitrogens with zero attached hydrogens (tertiary/aromatic N) is 3. The van der Waals surface area contributed by atoms with Crippen LogP contribution in [0.3, 0.4) is 0 Å². The number of hydrogen-bond acceptors (Lipinski definition) is 5. The summed E-state index contributed by atoms with van der Waals surface area (Å²) in [6.45, 7) is 11.9. The lowest BCUT2D eigenvalue weighted by molar-refractivity contribution is -0.137. The predicted molar refractivity (Wildman–Crippen MR) is 134 cm³/mol. The Labute approximate surface area is 202 Å². The van der Waals surface area contributed by atoms with E-state index in [0.717, 1.165) is 17.8 Å². The van der Waals surface area contributed by atoms with Crippen LogP contribution in [0.4, 0.5) is 0 Å². The first-order valence-electron chi connectivity index (χ1n) is 11.9. The number of rotatable bonds is 12. The highest BCUT2D eigenvalue weighted by Gasteiger charge is 2.21. The van der Waals surface area contributed by atoms with Crippen molar-refractivity contribution in [2.75, 3.05) is 13.2 Å². The van der Waals surface area contributed by atoms with E-state index in [1.165, 1.54) is 5.56 Å². The molecular formula is C27H36N4O3. The molecule has 3 aromatic rings. The van der Waals surface area contributed by atoms with Gasteiger partial charge in [0.15, 0.2) is 18.1 Å². The zero-order valence-corrected chi connectivity index (χ0v) is 20.8.